The van der Waals surface area contributed by atoms with Crippen molar-refractivity contribution in [3.63, 3.8) is 0 Å². The summed E-state index contributed by atoms with van der Waals surface area (Å²) in [5.41, 5.74) is 4.58. The van der Waals surface area contributed by atoms with Crippen LogP contribution in [0.15, 0.2) is 54.6 Å². The van der Waals surface area contributed by atoms with E-state index in [2.05, 4.69) is 73.8 Å². The first kappa shape index (κ1) is 13.4. The molecule has 0 amide bonds. The molecule has 2 aromatic carbocycles. The van der Waals surface area contributed by atoms with Crippen LogP contribution >= 0.6 is 0 Å². The van der Waals surface area contributed by atoms with Gasteiger partial charge in [-0.15, -0.1) is 0 Å². The normalized spacial score (nSPS) is 18.0. The minimum atomic E-state index is 0.165. The fourth-order valence-corrected chi connectivity index (χ4v) is 3.14. The number of hydrogen-bond donors (Lipinski definition) is 1. The molecule has 0 saturated heterocycles. The van der Waals surface area contributed by atoms with E-state index in [9.17, 15) is 0 Å². The lowest BCUT2D eigenvalue weighted by Gasteiger charge is -2.28. The summed E-state index contributed by atoms with van der Waals surface area (Å²) in [6, 6.07) is 20.2. The zero-order chi connectivity index (χ0) is 14.0. The van der Waals surface area contributed by atoms with E-state index in [4.69, 9.17) is 0 Å². The van der Waals surface area contributed by atoms with Gasteiger partial charge in [0.1, 0.15) is 0 Å². The van der Waals surface area contributed by atoms with Gasteiger partial charge in [0.15, 0.2) is 0 Å². The quantitative estimate of drug-likeness (QED) is 0.872. The van der Waals surface area contributed by atoms with Crippen LogP contribution in [0.1, 0.15) is 43.0 Å². The molecule has 1 aliphatic rings. The van der Waals surface area contributed by atoms with Gasteiger partial charge in [0.05, 0.1) is 0 Å². The summed E-state index contributed by atoms with van der Waals surface area (Å²) in [6.45, 7) is 5.64. The molecule has 0 saturated carbocycles. The minimum absolute atomic E-state index is 0.165. The third-order valence-electron chi connectivity index (χ3n) is 4.48. The van der Waals surface area contributed by atoms with E-state index in [0.29, 0.717) is 6.04 Å². The topological polar surface area (TPSA) is 12.0 Å². The molecule has 3 rings (SSSR count). The third-order valence-corrected chi connectivity index (χ3v) is 4.48. The molecule has 1 aliphatic carbocycles. The highest BCUT2D eigenvalue weighted by Crippen LogP contribution is 2.32. The third kappa shape index (κ3) is 2.64. The molecule has 1 N–H and O–H groups in total. The molecular weight excluding hydrogens is 242 g/mol. The summed E-state index contributed by atoms with van der Waals surface area (Å²) >= 11 is 0. The van der Waals surface area contributed by atoms with Crippen LogP contribution in [-0.4, -0.2) is 6.54 Å². The lowest BCUT2D eigenvalue weighted by molar-refractivity contribution is 0.421. The van der Waals surface area contributed by atoms with Crippen molar-refractivity contribution < 1.29 is 0 Å². The standard InChI is InChI=1S/C19H23N/c1-19(2,16-9-4-3-5-10-16)14-20-18-13-12-15-8-6-7-11-17(15)18/h3-11,18,20H,12-14H2,1-2H3. The highest BCUT2D eigenvalue weighted by molar-refractivity contribution is 5.34. The van der Waals surface area contributed by atoms with Crippen molar-refractivity contribution in [2.24, 2.45) is 0 Å². The van der Waals surface area contributed by atoms with Crippen molar-refractivity contribution in [1.29, 1.82) is 0 Å². The second-order valence-electron chi connectivity index (χ2n) is 6.42. The van der Waals surface area contributed by atoms with E-state index in [1.165, 1.54) is 29.5 Å². The Balaban J connectivity index is 1.69. The number of hydrogen-bond acceptors (Lipinski definition) is 1. The van der Waals surface area contributed by atoms with E-state index in [0.717, 1.165) is 6.54 Å². The fourth-order valence-electron chi connectivity index (χ4n) is 3.14. The molecule has 0 heterocycles. The van der Waals surface area contributed by atoms with Gasteiger partial charge in [-0.1, -0.05) is 68.4 Å². The van der Waals surface area contributed by atoms with Crippen LogP contribution in [0.3, 0.4) is 0 Å². The second kappa shape index (κ2) is 5.41. The van der Waals surface area contributed by atoms with Crippen molar-refractivity contribution in [3.8, 4) is 0 Å². The molecule has 1 nitrogen and oxygen atoms in total. The lowest BCUT2D eigenvalue weighted by atomic mass is 9.84. The molecule has 0 bridgehead atoms. The van der Waals surface area contributed by atoms with E-state index >= 15 is 0 Å². The Kier molecular flexibility index (Phi) is 3.62. The van der Waals surface area contributed by atoms with Crippen molar-refractivity contribution in [2.45, 2.75) is 38.1 Å². The average molecular weight is 265 g/mol. The first-order chi connectivity index (χ1) is 9.67. The SMILES string of the molecule is CC(C)(CNC1CCc2ccccc21)c1ccccc1. The predicted molar refractivity (Wildman–Crippen MR) is 85.0 cm³/mol. The average Bonchev–Trinajstić information content (AvgIpc) is 2.89. The molecule has 0 radical (unpaired) electrons. The minimum Gasteiger partial charge on any atom is -0.309 e. The Bertz CT molecular complexity index is 571. The van der Waals surface area contributed by atoms with Crippen molar-refractivity contribution >= 4 is 0 Å². The Hall–Kier alpha value is -1.60. The highest BCUT2D eigenvalue weighted by atomic mass is 14.9. The summed E-state index contributed by atoms with van der Waals surface area (Å²) in [6.07, 6.45) is 2.43. The molecule has 104 valence electrons. The van der Waals surface area contributed by atoms with E-state index in [-0.39, 0.29) is 5.41 Å². The maximum atomic E-state index is 3.78. The van der Waals surface area contributed by atoms with Crippen LogP contribution in [0, 0.1) is 0 Å². The van der Waals surface area contributed by atoms with Crippen LogP contribution < -0.4 is 5.32 Å². The summed E-state index contributed by atoms with van der Waals surface area (Å²) in [5.74, 6) is 0. The number of fused-ring (bicyclic) bond motifs is 1. The molecule has 0 aromatic heterocycles. The Labute approximate surface area is 122 Å². The van der Waals surface area contributed by atoms with Gasteiger partial charge < -0.3 is 5.32 Å². The molecular formula is C19H23N. The molecule has 1 atom stereocenters. The summed E-state index contributed by atoms with van der Waals surface area (Å²) in [7, 11) is 0. The smallest absolute Gasteiger partial charge is 0.0326 e. The van der Waals surface area contributed by atoms with Gasteiger partial charge in [0, 0.05) is 18.0 Å². The Morgan fingerprint density at radius 2 is 1.70 bits per heavy atom. The first-order valence-corrected chi connectivity index (χ1v) is 7.53. The second-order valence-corrected chi connectivity index (χ2v) is 6.42. The number of rotatable bonds is 4. The first-order valence-electron chi connectivity index (χ1n) is 7.53. The lowest BCUT2D eigenvalue weighted by Crippen LogP contribution is -2.34. The molecule has 20 heavy (non-hydrogen) atoms. The summed E-state index contributed by atoms with van der Waals surface area (Å²) in [5, 5.41) is 3.78. The van der Waals surface area contributed by atoms with E-state index < -0.39 is 0 Å². The van der Waals surface area contributed by atoms with Gasteiger partial charge in [-0.3, -0.25) is 0 Å². The molecule has 0 aliphatic heterocycles. The van der Waals surface area contributed by atoms with Gasteiger partial charge in [-0.05, 0) is 29.5 Å². The van der Waals surface area contributed by atoms with Crippen LogP contribution in [0.25, 0.3) is 0 Å². The zero-order valence-electron chi connectivity index (χ0n) is 12.4. The highest BCUT2D eigenvalue weighted by Gasteiger charge is 2.25. The summed E-state index contributed by atoms with van der Waals surface area (Å²) in [4.78, 5) is 0. The van der Waals surface area contributed by atoms with E-state index in [1.54, 1.807) is 0 Å². The fraction of sp³-hybridized carbons (Fsp3) is 0.368. The molecule has 1 unspecified atom stereocenters. The van der Waals surface area contributed by atoms with E-state index in [1.807, 2.05) is 0 Å². The Morgan fingerprint density at radius 1 is 1.00 bits per heavy atom. The maximum absolute atomic E-state index is 3.78. The largest absolute Gasteiger partial charge is 0.309 e. The zero-order valence-corrected chi connectivity index (χ0v) is 12.4. The number of aryl methyl sites for hydroxylation is 1. The van der Waals surface area contributed by atoms with Gasteiger partial charge >= 0.3 is 0 Å². The molecule has 2 aromatic rings. The van der Waals surface area contributed by atoms with Crippen molar-refractivity contribution in [3.05, 3.63) is 71.3 Å². The van der Waals surface area contributed by atoms with Crippen LogP contribution in [-0.2, 0) is 11.8 Å². The van der Waals surface area contributed by atoms with Gasteiger partial charge in [0.25, 0.3) is 0 Å². The van der Waals surface area contributed by atoms with Gasteiger partial charge in [-0.25, -0.2) is 0 Å². The predicted octanol–water partition coefficient (Wildman–Crippen LogP) is 4.24. The number of benzene rings is 2. The van der Waals surface area contributed by atoms with Crippen LogP contribution in [0.4, 0.5) is 0 Å². The molecule has 0 fully saturated rings. The van der Waals surface area contributed by atoms with Gasteiger partial charge in [0.2, 0.25) is 0 Å². The van der Waals surface area contributed by atoms with Crippen molar-refractivity contribution in [2.75, 3.05) is 6.54 Å². The molecule has 1 heteroatoms. The van der Waals surface area contributed by atoms with Crippen molar-refractivity contribution in [1.82, 2.24) is 5.32 Å². The maximum Gasteiger partial charge on any atom is 0.0326 e. The Morgan fingerprint density at radius 3 is 2.50 bits per heavy atom. The molecule has 0 spiro atoms. The monoisotopic (exact) mass is 265 g/mol. The van der Waals surface area contributed by atoms with Crippen LogP contribution in [0.5, 0.6) is 0 Å². The number of nitrogens with one attached hydrogen (secondary N) is 1. The van der Waals surface area contributed by atoms with Gasteiger partial charge in [-0.2, -0.15) is 0 Å². The summed E-state index contributed by atoms with van der Waals surface area (Å²) < 4.78 is 0. The van der Waals surface area contributed by atoms with Crippen LogP contribution in [0.2, 0.25) is 0 Å².